The van der Waals surface area contributed by atoms with Crippen LogP contribution in [-0.4, -0.2) is 55.5 Å². The number of benzene rings is 12. The van der Waals surface area contributed by atoms with E-state index in [9.17, 15) is 0 Å². The van der Waals surface area contributed by atoms with Crippen molar-refractivity contribution < 1.29 is 0 Å². The zero-order valence-corrected chi connectivity index (χ0v) is 48.8. The zero-order valence-electron chi connectivity index (χ0n) is 47.8. The van der Waals surface area contributed by atoms with Gasteiger partial charge in [0.2, 0.25) is 23.5 Å². The molecule has 1 aliphatic rings. The third-order valence-electron chi connectivity index (χ3n) is 18.6. The first-order chi connectivity index (χ1) is 44.2. The number of imidazole rings is 4. The molecule has 1 unspecified atom stereocenters. The standard InChI is InChI=1S/C78H50N10Si/c1-6-25-50(26-7-1)69-59-39-17-16-37-57(59)60-45-47-67-71(70(60)69)79-77-85(67)63-41-20-22-43-65(63)87(77)75-81-74(51-27-24-36-56(49-51)89(53-30-10-3-11-31-53,54-32-12-4-13-33-54)55-34-14-5-15-35-55)82-76(83-75)88-66-44-23-21-42-64(66)86-68-48-46-61-58-38-18-19-40-62(58)84(52-28-8-2-9-29-52)73(61)72(68)80-78(86)88/h1-49,69H. The Hall–Kier alpha value is -11.8. The van der Waals surface area contributed by atoms with Crippen LogP contribution < -0.4 is 20.7 Å². The predicted octanol–water partition coefficient (Wildman–Crippen LogP) is 14.7. The summed E-state index contributed by atoms with van der Waals surface area (Å²) in [4.78, 5) is 28.7. The van der Waals surface area contributed by atoms with Gasteiger partial charge in [-0.1, -0.05) is 237 Å². The van der Waals surface area contributed by atoms with Crippen molar-refractivity contribution in [2.24, 2.45) is 0 Å². The van der Waals surface area contributed by atoms with Crippen molar-refractivity contribution in [3.8, 4) is 40.1 Å². The highest BCUT2D eigenvalue weighted by atomic mass is 28.3. The second-order valence-corrected chi connectivity index (χ2v) is 27.0. The van der Waals surface area contributed by atoms with Gasteiger partial charge < -0.3 is 4.57 Å². The Morgan fingerprint density at radius 1 is 0.315 bits per heavy atom. The van der Waals surface area contributed by atoms with Gasteiger partial charge in [-0.15, -0.1) is 0 Å². The summed E-state index contributed by atoms with van der Waals surface area (Å²) in [7, 11) is -3.02. The van der Waals surface area contributed by atoms with Crippen molar-refractivity contribution >= 4 is 106 Å². The van der Waals surface area contributed by atoms with Crippen molar-refractivity contribution in [2.75, 3.05) is 0 Å². The lowest BCUT2D eigenvalue weighted by Crippen LogP contribution is -2.74. The normalized spacial score (nSPS) is 13.3. The van der Waals surface area contributed by atoms with Crippen molar-refractivity contribution in [3.63, 3.8) is 0 Å². The monoisotopic (exact) mass is 1150 g/mol. The maximum atomic E-state index is 5.82. The van der Waals surface area contributed by atoms with E-state index in [-0.39, 0.29) is 5.92 Å². The van der Waals surface area contributed by atoms with Gasteiger partial charge >= 0.3 is 0 Å². The van der Waals surface area contributed by atoms with E-state index in [1.165, 1.54) is 48.6 Å². The van der Waals surface area contributed by atoms with Gasteiger partial charge in [0, 0.05) is 27.9 Å². The molecular weight excluding hydrogens is 1110 g/mol. The lowest BCUT2D eigenvalue weighted by molar-refractivity contribution is 0.877. The fourth-order valence-electron chi connectivity index (χ4n) is 15.0. The minimum atomic E-state index is -3.02. The van der Waals surface area contributed by atoms with Gasteiger partial charge in [0.05, 0.1) is 49.7 Å². The third kappa shape index (κ3) is 7.04. The maximum Gasteiger partial charge on any atom is 0.242 e. The average molecular weight is 1160 g/mol. The molecule has 0 spiro atoms. The van der Waals surface area contributed by atoms with E-state index in [1.54, 1.807) is 0 Å². The lowest BCUT2D eigenvalue weighted by atomic mass is 9.89. The Bertz CT molecular complexity index is 5770. The summed E-state index contributed by atoms with van der Waals surface area (Å²) < 4.78 is 11.2. The van der Waals surface area contributed by atoms with Crippen molar-refractivity contribution in [3.05, 3.63) is 314 Å². The van der Waals surface area contributed by atoms with Gasteiger partial charge in [-0.2, -0.15) is 15.0 Å². The van der Waals surface area contributed by atoms with E-state index in [0.29, 0.717) is 29.3 Å². The summed E-state index contributed by atoms with van der Waals surface area (Å²) in [5.74, 6) is 2.71. The molecule has 10 nitrogen and oxygen atoms in total. The van der Waals surface area contributed by atoms with Crippen LogP contribution in [0.1, 0.15) is 22.6 Å². The van der Waals surface area contributed by atoms with Gasteiger partial charge in [-0.3, -0.25) is 8.80 Å². The van der Waals surface area contributed by atoms with Crippen LogP contribution in [-0.2, 0) is 0 Å². The molecule has 0 N–H and O–H groups in total. The third-order valence-corrected chi connectivity index (χ3v) is 23.4. The van der Waals surface area contributed by atoms with E-state index in [0.717, 1.165) is 77.2 Å². The molecule has 89 heavy (non-hydrogen) atoms. The molecule has 0 saturated carbocycles. The SMILES string of the molecule is c1ccc(C2c3ccccc3-c3ccc4c(nc5n(-c6nc(-c7cccc([Si](c8ccccc8)(c8ccccc8)c8ccccc8)c7)nc(-n7c8ccccc8n8c9ccc%10c%11ccccc%11n(-c%11ccccc%11)c%10c9nc78)n6)c6ccccc6n45)c32)cc1. The largest absolute Gasteiger partial charge is 0.307 e. The summed E-state index contributed by atoms with van der Waals surface area (Å²) in [5.41, 5.74) is 17.7. The first-order valence-electron chi connectivity index (χ1n) is 30.2. The molecule has 0 amide bonds. The van der Waals surface area contributed by atoms with Gasteiger partial charge in [0.25, 0.3) is 0 Å². The fourth-order valence-corrected chi connectivity index (χ4v) is 19.7. The molecule has 0 saturated heterocycles. The Morgan fingerprint density at radius 3 is 1.44 bits per heavy atom. The second-order valence-electron chi connectivity index (χ2n) is 23.2. The highest BCUT2D eigenvalue weighted by Gasteiger charge is 2.42. The molecule has 6 heterocycles. The molecule has 0 bridgehead atoms. The van der Waals surface area contributed by atoms with Crippen LogP contribution in [0.3, 0.4) is 0 Å². The molecular formula is C78H50N10Si. The lowest BCUT2D eigenvalue weighted by Gasteiger charge is -2.34. The van der Waals surface area contributed by atoms with Crippen LogP contribution in [0.2, 0.25) is 0 Å². The first kappa shape index (κ1) is 49.5. The van der Waals surface area contributed by atoms with Crippen molar-refractivity contribution in [2.45, 2.75) is 5.92 Å². The summed E-state index contributed by atoms with van der Waals surface area (Å²) in [5, 5.41) is 7.31. The second kappa shape index (κ2) is 19.1. The molecule has 0 aliphatic heterocycles. The minimum Gasteiger partial charge on any atom is -0.307 e. The molecule has 18 aromatic rings. The Kier molecular flexibility index (Phi) is 10.6. The van der Waals surface area contributed by atoms with Crippen molar-refractivity contribution in [1.29, 1.82) is 0 Å². The quantitative estimate of drug-likeness (QED) is 0.106. The van der Waals surface area contributed by atoms with E-state index < -0.39 is 8.07 Å². The molecule has 11 heteroatoms. The molecule has 0 fully saturated rings. The molecule has 1 aliphatic carbocycles. The van der Waals surface area contributed by atoms with Crippen molar-refractivity contribution in [1.82, 2.24) is 47.4 Å². The van der Waals surface area contributed by atoms with Gasteiger partial charge in [-0.05, 0) is 109 Å². The topological polar surface area (TPSA) is 88.1 Å². The number of hydrogen-bond donors (Lipinski definition) is 0. The van der Waals surface area contributed by atoms with Gasteiger partial charge in [-0.25, -0.2) is 19.1 Å². The molecule has 0 radical (unpaired) electrons. The van der Waals surface area contributed by atoms with Crippen LogP contribution in [0, 0.1) is 0 Å². The smallest absolute Gasteiger partial charge is 0.242 e. The molecule has 12 aromatic carbocycles. The van der Waals surface area contributed by atoms with E-state index in [2.05, 4.69) is 320 Å². The summed E-state index contributed by atoms with van der Waals surface area (Å²) in [6.45, 7) is 0. The zero-order chi connectivity index (χ0) is 58.3. The Labute approximate surface area is 510 Å². The fraction of sp³-hybridized carbons (Fsp3) is 0.0128. The van der Waals surface area contributed by atoms with Crippen LogP contribution >= 0.6 is 0 Å². The van der Waals surface area contributed by atoms with Crippen LogP contribution in [0.4, 0.5) is 0 Å². The number of nitrogens with zero attached hydrogens (tertiary/aromatic N) is 10. The summed E-state index contributed by atoms with van der Waals surface area (Å²) in [6.07, 6.45) is 0. The number of hydrogen-bond acceptors (Lipinski definition) is 5. The van der Waals surface area contributed by atoms with Crippen LogP contribution in [0.15, 0.2) is 297 Å². The summed E-state index contributed by atoms with van der Waals surface area (Å²) in [6, 6.07) is 107. The van der Waals surface area contributed by atoms with Crippen LogP contribution in [0.25, 0.3) is 118 Å². The molecule has 6 aromatic heterocycles. The predicted molar refractivity (Wildman–Crippen MR) is 362 cm³/mol. The summed E-state index contributed by atoms with van der Waals surface area (Å²) >= 11 is 0. The average Bonchev–Trinajstić information content (AvgIpc) is 1.58. The highest BCUT2D eigenvalue weighted by Crippen LogP contribution is 2.51. The van der Waals surface area contributed by atoms with Gasteiger partial charge in [0.15, 0.2) is 13.9 Å². The molecule has 19 rings (SSSR count). The van der Waals surface area contributed by atoms with Gasteiger partial charge in [0.1, 0.15) is 5.52 Å². The van der Waals surface area contributed by atoms with E-state index >= 15 is 0 Å². The highest BCUT2D eigenvalue weighted by molar-refractivity contribution is 7.19. The number of fused-ring (bicyclic) bond motifs is 18. The molecule has 416 valence electrons. The first-order valence-corrected chi connectivity index (χ1v) is 32.2. The van der Waals surface area contributed by atoms with Crippen LogP contribution in [0.5, 0.6) is 0 Å². The number of aromatic nitrogens is 10. The number of rotatable bonds is 9. The van der Waals surface area contributed by atoms with E-state index in [1.807, 2.05) is 0 Å². The van der Waals surface area contributed by atoms with E-state index in [4.69, 9.17) is 24.9 Å². The Morgan fingerprint density at radius 2 is 0.809 bits per heavy atom. The minimum absolute atomic E-state index is 0.0175. The Balaban J connectivity index is 0.916. The molecule has 1 atom stereocenters. The number of para-hydroxylation sites is 6. The maximum absolute atomic E-state index is 5.82.